The fraction of sp³-hybridized carbons (Fsp3) is 0.231. The summed E-state index contributed by atoms with van der Waals surface area (Å²) >= 11 is 1.78. The minimum absolute atomic E-state index is 0.851. The molecule has 1 aromatic rings. The number of rotatable bonds is 2. The minimum Gasteiger partial charge on any atom is -0.335 e. The number of hydrogen-bond acceptors (Lipinski definition) is 2. The van der Waals surface area contributed by atoms with Crippen molar-refractivity contribution in [3.05, 3.63) is 47.5 Å². The number of allylic oxidation sites excluding steroid dienone is 2. The van der Waals surface area contributed by atoms with Gasteiger partial charge in [0.2, 0.25) is 0 Å². The summed E-state index contributed by atoms with van der Waals surface area (Å²) in [5.41, 5.74) is 2.14. The standard InChI is InChI=1S/C13H14NS/c1-4-14-11-7-5-6-8-12(11)15-13(14)9-10(2)3/h2,5-9H,4H2,1,3H3. The summed E-state index contributed by atoms with van der Waals surface area (Å²) in [6.07, 6.45) is 2.04. The molecule has 1 heterocycles. The van der Waals surface area contributed by atoms with Crippen LogP contribution in [0.25, 0.3) is 0 Å². The van der Waals surface area contributed by atoms with Gasteiger partial charge in [0.05, 0.1) is 10.7 Å². The Morgan fingerprint density at radius 1 is 1.47 bits per heavy atom. The zero-order chi connectivity index (χ0) is 10.8. The summed E-state index contributed by atoms with van der Waals surface area (Å²) in [6.45, 7) is 10.8. The molecule has 0 bridgehead atoms. The van der Waals surface area contributed by atoms with Gasteiger partial charge in [0.25, 0.3) is 0 Å². The highest BCUT2D eigenvalue weighted by Gasteiger charge is 2.22. The normalized spacial score (nSPS) is 16.9. The molecule has 2 rings (SSSR count). The summed E-state index contributed by atoms with van der Waals surface area (Å²) in [6, 6.07) is 8.44. The van der Waals surface area contributed by atoms with Crippen LogP contribution in [0.5, 0.6) is 0 Å². The van der Waals surface area contributed by atoms with Crippen molar-refractivity contribution in [2.75, 3.05) is 11.4 Å². The van der Waals surface area contributed by atoms with E-state index in [0.29, 0.717) is 0 Å². The molecule has 0 fully saturated rings. The zero-order valence-corrected chi connectivity index (χ0v) is 9.84. The number of hydrogen-bond donors (Lipinski definition) is 0. The lowest BCUT2D eigenvalue weighted by molar-refractivity contribution is 1.00. The van der Waals surface area contributed by atoms with Gasteiger partial charge in [-0.2, -0.15) is 0 Å². The number of benzene rings is 1. The third-order valence-corrected chi connectivity index (χ3v) is 3.42. The van der Waals surface area contributed by atoms with E-state index in [9.17, 15) is 0 Å². The second-order valence-electron chi connectivity index (χ2n) is 3.54. The number of fused-ring (bicyclic) bond motifs is 1. The molecule has 0 unspecified atom stereocenters. The third kappa shape index (κ3) is 1.95. The second kappa shape index (κ2) is 4.15. The summed E-state index contributed by atoms with van der Waals surface area (Å²) in [4.78, 5) is 3.60. The number of para-hydroxylation sites is 1. The summed E-state index contributed by atoms with van der Waals surface area (Å²) in [7, 11) is 0. The Hall–Kier alpha value is -1.15. The van der Waals surface area contributed by atoms with Crippen LogP contribution in [-0.2, 0) is 0 Å². The van der Waals surface area contributed by atoms with Crippen LogP contribution >= 0.6 is 11.8 Å². The maximum Gasteiger partial charge on any atom is 0.0804 e. The van der Waals surface area contributed by atoms with Gasteiger partial charge in [-0.1, -0.05) is 30.5 Å². The molecule has 15 heavy (non-hydrogen) atoms. The maximum atomic E-state index is 5.72. The largest absolute Gasteiger partial charge is 0.335 e. The van der Waals surface area contributed by atoms with Crippen LogP contribution in [0.3, 0.4) is 0 Å². The first-order valence-electron chi connectivity index (χ1n) is 5.07. The SMILES string of the molecule is [CH]=C(C)C=C1Sc2ccccc2N1CC. The van der Waals surface area contributed by atoms with E-state index in [1.165, 1.54) is 15.6 Å². The minimum atomic E-state index is 0.851. The molecule has 0 aromatic heterocycles. The van der Waals surface area contributed by atoms with Crippen molar-refractivity contribution in [1.82, 2.24) is 0 Å². The number of anilines is 1. The van der Waals surface area contributed by atoms with E-state index in [2.05, 4.69) is 36.1 Å². The second-order valence-corrected chi connectivity index (χ2v) is 4.60. The van der Waals surface area contributed by atoms with Crippen molar-refractivity contribution in [1.29, 1.82) is 0 Å². The van der Waals surface area contributed by atoms with Crippen LogP contribution in [0.2, 0.25) is 0 Å². The van der Waals surface area contributed by atoms with Gasteiger partial charge in [-0.05, 0) is 37.6 Å². The summed E-state index contributed by atoms with van der Waals surface area (Å²) in [5.74, 6) is 0. The lowest BCUT2D eigenvalue weighted by Gasteiger charge is -2.17. The number of thioether (sulfide) groups is 1. The van der Waals surface area contributed by atoms with E-state index in [0.717, 1.165) is 12.1 Å². The molecule has 1 aromatic carbocycles. The molecule has 1 nitrogen and oxygen atoms in total. The van der Waals surface area contributed by atoms with Crippen molar-refractivity contribution in [2.24, 2.45) is 0 Å². The Morgan fingerprint density at radius 2 is 2.20 bits per heavy atom. The first kappa shape index (κ1) is 10.4. The number of nitrogens with zero attached hydrogens (tertiary/aromatic N) is 1. The Balaban J connectivity index is 2.41. The van der Waals surface area contributed by atoms with Crippen molar-refractivity contribution < 1.29 is 0 Å². The van der Waals surface area contributed by atoms with Crippen molar-refractivity contribution >= 4 is 17.4 Å². The molecule has 0 aliphatic carbocycles. The Kier molecular flexibility index (Phi) is 2.87. The molecule has 1 aliphatic rings. The molecule has 1 aliphatic heterocycles. The van der Waals surface area contributed by atoms with E-state index in [1.54, 1.807) is 11.8 Å². The van der Waals surface area contributed by atoms with Crippen LogP contribution in [-0.4, -0.2) is 6.54 Å². The summed E-state index contributed by atoms with van der Waals surface area (Å²) in [5, 5.41) is 1.22. The zero-order valence-electron chi connectivity index (χ0n) is 9.03. The van der Waals surface area contributed by atoms with Crippen LogP contribution in [0.1, 0.15) is 13.8 Å². The summed E-state index contributed by atoms with van der Waals surface area (Å²) < 4.78 is 0. The highest BCUT2D eigenvalue weighted by Crippen LogP contribution is 2.45. The lowest BCUT2D eigenvalue weighted by Crippen LogP contribution is -2.16. The van der Waals surface area contributed by atoms with Gasteiger partial charge in [-0.3, -0.25) is 0 Å². The predicted octanol–water partition coefficient (Wildman–Crippen LogP) is 3.84. The van der Waals surface area contributed by atoms with Crippen LogP contribution < -0.4 is 4.90 Å². The molecule has 0 saturated heterocycles. The van der Waals surface area contributed by atoms with Gasteiger partial charge in [0, 0.05) is 11.4 Å². The molecule has 0 spiro atoms. The fourth-order valence-electron chi connectivity index (χ4n) is 1.68. The molecule has 2 heteroatoms. The highest BCUT2D eigenvalue weighted by molar-refractivity contribution is 8.03. The monoisotopic (exact) mass is 216 g/mol. The van der Waals surface area contributed by atoms with Crippen molar-refractivity contribution in [2.45, 2.75) is 18.7 Å². The Labute approximate surface area is 95.5 Å². The lowest BCUT2D eigenvalue weighted by atomic mass is 10.3. The topological polar surface area (TPSA) is 3.24 Å². The smallest absolute Gasteiger partial charge is 0.0804 e. The van der Waals surface area contributed by atoms with E-state index >= 15 is 0 Å². The van der Waals surface area contributed by atoms with Crippen LogP contribution in [0.15, 0.2) is 45.8 Å². The van der Waals surface area contributed by atoms with Gasteiger partial charge >= 0.3 is 0 Å². The molecular formula is C13H14NS. The predicted molar refractivity (Wildman–Crippen MR) is 66.9 cm³/mol. The van der Waals surface area contributed by atoms with E-state index in [1.807, 2.05) is 13.0 Å². The quantitative estimate of drug-likeness (QED) is 0.739. The molecule has 1 radical (unpaired) electrons. The van der Waals surface area contributed by atoms with Crippen molar-refractivity contribution in [3.8, 4) is 0 Å². The molecule has 0 N–H and O–H groups in total. The van der Waals surface area contributed by atoms with Crippen molar-refractivity contribution in [3.63, 3.8) is 0 Å². The molecule has 0 saturated carbocycles. The van der Waals surface area contributed by atoms with Crippen LogP contribution in [0, 0.1) is 6.58 Å². The van der Waals surface area contributed by atoms with Gasteiger partial charge in [0.1, 0.15) is 0 Å². The van der Waals surface area contributed by atoms with E-state index in [4.69, 9.17) is 6.58 Å². The maximum absolute atomic E-state index is 5.72. The molecule has 0 amide bonds. The first-order chi connectivity index (χ1) is 7.22. The van der Waals surface area contributed by atoms with E-state index in [-0.39, 0.29) is 0 Å². The molecular weight excluding hydrogens is 202 g/mol. The first-order valence-corrected chi connectivity index (χ1v) is 5.89. The average Bonchev–Trinajstić information content (AvgIpc) is 2.53. The average molecular weight is 216 g/mol. The van der Waals surface area contributed by atoms with Gasteiger partial charge in [-0.15, -0.1) is 0 Å². The van der Waals surface area contributed by atoms with E-state index < -0.39 is 0 Å². The Morgan fingerprint density at radius 3 is 2.87 bits per heavy atom. The fourth-order valence-corrected chi connectivity index (χ4v) is 2.92. The van der Waals surface area contributed by atoms with Crippen LogP contribution in [0.4, 0.5) is 5.69 Å². The van der Waals surface area contributed by atoms with Gasteiger partial charge in [0.15, 0.2) is 0 Å². The Bertz CT molecular complexity index is 420. The molecule has 77 valence electrons. The third-order valence-electron chi connectivity index (χ3n) is 2.30. The van der Waals surface area contributed by atoms with Gasteiger partial charge < -0.3 is 4.90 Å². The van der Waals surface area contributed by atoms with Gasteiger partial charge in [-0.25, -0.2) is 0 Å². The molecule has 0 atom stereocenters. The highest BCUT2D eigenvalue weighted by atomic mass is 32.2.